The molecule has 0 aromatic rings. The van der Waals surface area contributed by atoms with Crippen molar-refractivity contribution in [3.63, 3.8) is 0 Å². The maximum Gasteiger partial charge on any atom is 0.324 e. The first kappa shape index (κ1) is 13.9. The molecule has 88 valence electrons. The summed E-state index contributed by atoms with van der Waals surface area (Å²) in [7, 11) is 0. The minimum atomic E-state index is -1.71. The first-order valence-corrected chi connectivity index (χ1v) is 5.08. The highest BCUT2D eigenvalue weighted by Gasteiger charge is 2.56. The summed E-state index contributed by atoms with van der Waals surface area (Å²) in [6.45, 7) is 4.90. The maximum absolute atomic E-state index is 11.3. The van der Waals surface area contributed by atoms with Crippen molar-refractivity contribution >= 4 is 11.9 Å². The van der Waals surface area contributed by atoms with E-state index in [1.165, 1.54) is 0 Å². The summed E-state index contributed by atoms with van der Waals surface area (Å²) < 4.78 is 0. The van der Waals surface area contributed by atoms with Crippen molar-refractivity contribution in [2.75, 3.05) is 0 Å². The molecule has 0 saturated heterocycles. The van der Waals surface area contributed by atoms with Crippen LogP contribution in [0, 0.1) is 5.41 Å². The van der Waals surface area contributed by atoms with Crippen LogP contribution in [0.4, 0.5) is 0 Å². The van der Waals surface area contributed by atoms with Crippen LogP contribution in [-0.2, 0) is 9.59 Å². The van der Waals surface area contributed by atoms with Crippen molar-refractivity contribution in [3.05, 3.63) is 0 Å². The van der Waals surface area contributed by atoms with Gasteiger partial charge in [-0.25, -0.2) is 0 Å². The van der Waals surface area contributed by atoms with Gasteiger partial charge in [-0.05, 0) is 19.3 Å². The first-order valence-electron chi connectivity index (χ1n) is 5.08. The number of hydrogen-bond donors (Lipinski definition) is 3. The fourth-order valence-electron chi connectivity index (χ4n) is 2.07. The van der Waals surface area contributed by atoms with Gasteiger partial charge in [0.1, 0.15) is 5.54 Å². The summed E-state index contributed by atoms with van der Waals surface area (Å²) in [4.78, 5) is 22.4. The van der Waals surface area contributed by atoms with Crippen LogP contribution in [0.5, 0.6) is 0 Å². The molecule has 0 fully saturated rings. The number of carboxylic acid groups (broad SMARTS) is 2. The van der Waals surface area contributed by atoms with Gasteiger partial charge in [0.2, 0.25) is 0 Å². The summed E-state index contributed by atoms with van der Waals surface area (Å²) in [5, 5.41) is 18.3. The van der Waals surface area contributed by atoms with Gasteiger partial charge in [0.25, 0.3) is 0 Å². The Labute approximate surface area is 89.3 Å². The van der Waals surface area contributed by atoms with E-state index in [1.54, 1.807) is 20.8 Å². The predicted octanol–water partition coefficient (Wildman–Crippen LogP) is 1.07. The van der Waals surface area contributed by atoms with Crippen molar-refractivity contribution in [2.45, 2.75) is 45.6 Å². The van der Waals surface area contributed by atoms with Crippen molar-refractivity contribution in [2.24, 2.45) is 11.1 Å². The van der Waals surface area contributed by atoms with Gasteiger partial charge in [-0.15, -0.1) is 0 Å². The quantitative estimate of drug-likeness (QED) is 0.617. The van der Waals surface area contributed by atoms with Crippen LogP contribution in [0.1, 0.15) is 40.0 Å². The molecular formula is C10H19NO4. The number of nitrogens with two attached hydrogens (primary N) is 1. The second kappa shape index (κ2) is 4.61. The fraction of sp³-hybridized carbons (Fsp3) is 0.800. The summed E-state index contributed by atoms with van der Waals surface area (Å²) in [6, 6.07) is 0. The molecule has 5 nitrogen and oxygen atoms in total. The Morgan fingerprint density at radius 3 is 1.47 bits per heavy atom. The zero-order chi connectivity index (χ0) is 12.3. The largest absolute Gasteiger partial charge is 0.481 e. The summed E-state index contributed by atoms with van der Waals surface area (Å²) >= 11 is 0. The predicted molar refractivity (Wildman–Crippen MR) is 55.5 cm³/mol. The van der Waals surface area contributed by atoms with Gasteiger partial charge in [0.15, 0.2) is 0 Å². The van der Waals surface area contributed by atoms with E-state index >= 15 is 0 Å². The molecule has 0 aromatic heterocycles. The molecule has 5 heteroatoms. The second-order valence-electron chi connectivity index (χ2n) is 3.72. The molecule has 0 bridgehead atoms. The molecule has 0 spiro atoms. The van der Waals surface area contributed by atoms with Gasteiger partial charge in [0, 0.05) is 0 Å². The molecule has 0 rings (SSSR count). The Bertz CT molecular complexity index is 260. The van der Waals surface area contributed by atoms with Crippen molar-refractivity contribution < 1.29 is 19.8 Å². The second-order valence-corrected chi connectivity index (χ2v) is 3.72. The molecule has 0 aliphatic heterocycles. The number of carbonyl (C=O) groups is 2. The molecule has 4 N–H and O–H groups in total. The highest BCUT2D eigenvalue weighted by Crippen LogP contribution is 2.39. The van der Waals surface area contributed by atoms with Crippen LogP contribution in [-0.4, -0.2) is 27.7 Å². The first-order chi connectivity index (χ1) is 6.82. The molecule has 0 aliphatic rings. The SMILES string of the molecule is CCC(N)(C(=O)O)C(CC)(CC)C(=O)O. The summed E-state index contributed by atoms with van der Waals surface area (Å²) in [5.41, 5.74) is 2.66. The molecule has 1 unspecified atom stereocenters. The van der Waals surface area contributed by atoms with E-state index < -0.39 is 22.9 Å². The number of aliphatic carboxylic acids is 2. The van der Waals surface area contributed by atoms with Crippen molar-refractivity contribution in [1.29, 1.82) is 0 Å². The third-order valence-corrected chi connectivity index (χ3v) is 3.41. The van der Waals surface area contributed by atoms with Gasteiger partial charge in [-0.3, -0.25) is 9.59 Å². The smallest absolute Gasteiger partial charge is 0.324 e. The average molecular weight is 217 g/mol. The molecule has 1 atom stereocenters. The topological polar surface area (TPSA) is 101 Å². The lowest BCUT2D eigenvalue weighted by atomic mass is 9.65. The molecule has 0 amide bonds. The third kappa shape index (κ3) is 1.84. The maximum atomic E-state index is 11.3. The van der Waals surface area contributed by atoms with Crippen LogP contribution < -0.4 is 5.73 Å². The number of rotatable bonds is 6. The van der Waals surface area contributed by atoms with E-state index in [-0.39, 0.29) is 19.3 Å². The Balaban J connectivity index is 5.58. The van der Waals surface area contributed by atoms with E-state index in [0.717, 1.165) is 0 Å². The minimum Gasteiger partial charge on any atom is -0.481 e. The lowest BCUT2D eigenvalue weighted by Crippen LogP contribution is -2.63. The molecule has 0 aromatic carbocycles. The van der Waals surface area contributed by atoms with Gasteiger partial charge in [-0.1, -0.05) is 20.8 Å². The zero-order valence-corrected chi connectivity index (χ0v) is 9.41. The van der Waals surface area contributed by atoms with Gasteiger partial charge in [-0.2, -0.15) is 0 Å². The average Bonchev–Trinajstić information content (AvgIpc) is 2.19. The van der Waals surface area contributed by atoms with E-state index in [9.17, 15) is 14.7 Å². The van der Waals surface area contributed by atoms with Crippen LogP contribution in [0.3, 0.4) is 0 Å². The fourth-order valence-corrected chi connectivity index (χ4v) is 2.07. The van der Waals surface area contributed by atoms with E-state index in [1.807, 2.05) is 0 Å². The third-order valence-electron chi connectivity index (χ3n) is 3.41. The Hall–Kier alpha value is -1.10. The van der Waals surface area contributed by atoms with Gasteiger partial charge in [0.05, 0.1) is 5.41 Å². The number of hydrogen-bond acceptors (Lipinski definition) is 3. The Morgan fingerprint density at radius 2 is 1.40 bits per heavy atom. The summed E-state index contributed by atoms with van der Waals surface area (Å²) in [5.74, 6) is -2.39. The summed E-state index contributed by atoms with van der Waals surface area (Å²) in [6.07, 6.45) is 0.501. The highest BCUT2D eigenvalue weighted by atomic mass is 16.4. The van der Waals surface area contributed by atoms with Crippen molar-refractivity contribution in [1.82, 2.24) is 0 Å². The molecule has 15 heavy (non-hydrogen) atoms. The monoisotopic (exact) mass is 217 g/mol. The Kier molecular flexibility index (Phi) is 4.27. The van der Waals surface area contributed by atoms with Crippen LogP contribution >= 0.6 is 0 Å². The van der Waals surface area contributed by atoms with Crippen LogP contribution in [0.25, 0.3) is 0 Å². The van der Waals surface area contributed by atoms with E-state index in [2.05, 4.69) is 0 Å². The van der Waals surface area contributed by atoms with E-state index in [4.69, 9.17) is 10.8 Å². The molecule has 0 aliphatic carbocycles. The minimum absolute atomic E-state index is 0.0936. The standard InChI is InChI=1S/C10H19NO4/c1-4-9(5-2,7(12)13)10(11,6-3)8(14)15/h4-6,11H2,1-3H3,(H,12,13)(H,14,15). The normalized spacial score (nSPS) is 15.7. The van der Waals surface area contributed by atoms with E-state index in [0.29, 0.717) is 0 Å². The zero-order valence-electron chi connectivity index (χ0n) is 9.41. The molecular weight excluding hydrogens is 198 g/mol. The van der Waals surface area contributed by atoms with Crippen LogP contribution in [0.15, 0.2) is 0 Å². The van der Waals surface area contributed by atoms with Gasteiger partial charge < -0.3 is 15.9 Å². The lowest BCUT2D eigenvalue weighted by Gasteiger charge is -2.40. The van der Waals surface area contributed by atoms with Crippen molar-refractivity contribution in [3.8, 4) is 0 Å². The van der Waals surface area contributed by atoms with Crippen LogP contribution in [0.2, 0.25) is 0 Å². The molecule has 0 saturated carbocycles. The molecule has 0 heterocycles. The number of carboxylic acids is 2. The molecule has 0 radical (unpaired) electrons. The van der Waals surface area contributed by atoms with Gasteiger partial charge >= 0.3 is 11.9 Å². The lowest BCUT2D eigenvalue weighted by molar-refractivity contribution is -0.166. The highest BCUT2D eigenvalue weighted by molar-refractivity contribution is 5.89. The Morgan fingerprint density at radius 1 is 1.00 bits per heavy atom.